The first-order chi connectivity index (χ1) is 15.1. The van der Waals surface area contributed by atoms with Gasteiger partial charge in [-0.05, 0) is 48.2 Å². The summed E-state index contributed by atoms with van der Waals surface area (Å²) in [7, 11) is 0. The highest BCUT2D eigenvalue weighted by atomic mass is 32.1. The molecule has 3 aromatic heterocycles. The first-order valence-corrected chi connectivity index (χ1v) is 10.4. The largest absolute Gasteiger partial charge is 0.507 e. The maximum Gasteiger partial charge on any atom is 0.193 e. The molecular weight excluding hydrogens is 408 g/mol. The number of phenols is 1. The Morgan fingerprint density at radius 3 is 2.65 bits per heavy atom. The number of hydrogen-bond acceptors (Lipinski definition) is 6. The van der Waals surface area contributed by atoms with Crippen LogP contribution in [0.1, 0.15) is 23.7 Å². The predicted molar refractivity (Wildman–Crippen MR) is 122 cm³/mol. The molecule has 154 valence electrons. The van der Waals surface area contributed by atoms with Crippen LogP contribution in [-0.2, 0) is 12.8 Å². The summed E-state index contributed by atoms with van der Waals surface area (Å²) in [4.78, 5) is 4.17. The van der Waals surface area contributed by atoms with Crippen LogP contribution in [0.15, 0.2) is 66.1 Å². The average Bonchev–Trinajstić information content (AvgIpc) is 3.37. The van der Waals surface area contributed by atoms with E-state index in [1.54, 1.807) is 12.3 Å². The number of pyridine rings is 1. The summed E-state index contributed by atoms with van der Waals surface area (Å²) in [6, 6.07) is 15.7. The molecule has 0 bridgehead atoms. The van der Waals surface area contributed by atoms with Crippen molar-refractivity contribution >= 4 is 23.5 Å². The van der Waals surface area contributed by atoms with Gasteiger partial charge in [0.05, 0.1) is 16.8 Å². The number of aromatic hydroxyl groups is 1. The Labute approximate surface area is 184 Å². The van der Waals surface area contributed by atoms with Crippen LogP contribution >= 0.6 is 12.6 Å². The van der Waals surface area contributed by atoms with Gasteiger partial charge in [0.25, 0.3) is 0 Å². The minimum Gasteiger partial charge on any atom is -0.507 e. The molecule has 0 aliphatic carbocycles. The number of benzene rings is 2. The van der Waals surface area contributed by atoms with E-state index in [9.17, 15) is 5.11 Å². The van der Waals surface area contributed by atoms with Crippen molar-refractivity contribution in [1.29, 1.82) is 0 Å². The molecule has 7 nitrogen and oxygen atoms in total. The first kappa shape index (κ1) is 19.3. The van der Waals surface area contributed by atoms with Gasteiger partial charge in [-0.2, -0.15) is 5.10 Å². The van der Waals surface area contributed by atoms with Crippen LogP contribution in [0.4, 0.5) is 0 Å². The minimum absolute atomic E-state index is 0.106. The average molecular weight is 429 g/mol. The quantitative estimate of drug-likeness (QED) is 0.362. The fraction of sp³-hybridized carbons (Fsp3) is 0.130. The lowest BCUT2D eigenvalue weighted by molar-refractivity contribution is 0.477. The molecule has 2 N–H and O–H groups in total. The summed E-state index contributed by atoms with van der Waals surface area (Å²) in [5.74, 6) is 0.627. The second kappa shape index (κ2) is 7.88. The van der Waals surface area contributed by atoms with E-state index >= 15 is 0 Å². The molecule has 8 heteroatoms. The summed E-state index contributed by atoms with van der Waals surface area (Å²) < 4.78 is 1.82. The highest BCUT2D eigenvalue weighted by Gasteiger charge is 2.19. The Morgan fingerprint density at radius 1 is 1.06 bits per heavy atom. The van der Waals surface area contributed by atoms with Crippen LogP contribution in [0.25, 0.3) is 28.0 Å². The third-order valence-corrected chi connectivity index (χ3v) is 5.59. The second-order valence-corrected chi connectivity index (χ2v) is 7.70. The molecule has 0 spiro atoms. The third-order valence-electron chi connectivity index (χ3n) is 5.31. The number of aryl methyl sites for hydroxylation is 1. The van der Waals surface area contributed by atoms with Gasteiger partial charge in [-0.25, -0.2) is 0 Å². The number of hydrogen-bond donors (Lipinski definition) is 3. The molecule has 0 aliphatic heterocycles. The number of thiol groups is 1. The monoisotopic (exact) mass is 428 g/mol. The number of phenolic OH excluding ortho intramolecular Hbond substituents is 1. The Kier molecular flexibility index (Phi) is 4.91. The zero-order valence-electron chi connectivity index (χ0n) is 16.8. The van der Waals surface area contributed by atoms with Gasteiger partial charge < -0.3 is 5.11 Å². The van der Waals surface area contributed by atoms with Gasteiger partial charge in [-0.3, -0.25) is 14.6 Å². The van der Waals surface area contributed by atoms with E-state index in [1.807, 2.05) is 42.0 Å². The zero-order valence-corrected chi connectivity index (χ0v) is 17.7. The van der Waals surface area contributed by atoms with Crippen LogP contribution in [0.3, 0.4) is 0 Å². The molecule has 0 saturated heterocycles. The molecule has 0 amide bonds. The molecule has 0 fully saturated rings. The molecule has 0 unspecified atom stereocenters. The standard InChI is InChI=1S/C23H20N6OS/c1-2-19-17-11-18(21(30)12-20(17)26-25-19)22-27-28-23(31)29(22)16-7-5-14(6-8-16)10-15-4-3-9-24-13-15/h3-9,11-13,30H,2,10H2,1H3,(H,25,26)(H,28,31). The Balaban J connectivity index is 1.55. The summed E-state index contributed by atoms with van der Waals surface area (Å²) in [5, 5.41) is 27.8. The maximum atomic E-state index is 10.7. The first-order valence-electron chi connectivity index (χ1n) is 9.97. The van der Waals surface area contributed by atoms with Crippen molar-refractivity contribution in [2.24, 2.45) is 0 Å². The van der Waals surface area contributed by atoms with Gasteiger partial charge in [0.15, 0.2) is 11.0 Å². The fourth-order valence-corrected chi connectivity index (χ4v) is 4.00. The SMILES string of the molecule is CCc1n[nH]c2cc(O)c(-c3nnc(S)n3-c3ccc(Cc4cccnc4)cc3)cc12. The lowest BCUT2D eigenvalue weighted by Crippen LogP contribution is -1.99. The lowest BCUT2D eigenvalue weighted by Gasteiger charge is -2.11. The van der Waals surface area contributed by atoms with E-state index in [2.05, 4.69) is 56.2 Å². The molecule has 31 heavy (non-hydrogen) atoms. The van der Waals surface area contributed by atoms with Gasteiger partial charge in [-0.15, -0.1) is 22.8 Å². The lowest BCUT2D eigenvalue weighted by atomic mass is 10.1. The van der Waals surface area contributed by atoms with Crippen LogP contribution in [0, 0.1) is 0 Å². The van der Waals surface area contributed by atoms with Gasteiger partial charge >= 0.3 is 0 Å². The van der Waals surface area contributed by atoms with Crippen molar-refractivity contribution in [2.75, 3.05) is 0 Å². The normalized spacial score (nSPS) is 11.3. The van der Waals surface area contributed by atoms with E-state index < -0.39 is 0 Å². The van der Waals surface area contributed by atoms with Gasteiger partial charge in [0.2, 0.25) is 0 Å². The summed E-state index contributed by atoms with van der Waals surface area (Å²) >= 11 is 4.50. The van der Waals surface area contributed by atoms with Crippen LogP contribution in [0.2, 0.25) is 0 Å². The minimum atomic E-state index is 0.106. The van der Waals surface area contributed by atoms with Crippen LogP contribution in [0.5, 0.6) is 5.75 Å². The highest BCUT2D eigenvalue weighted by Crippen LogP contribution is 2.35. The number of nitrogens with one attached hydrogen (secondary N) is 1. The van der Waals surface area contributed by atoms with Crippen molar-refractivity contribution in [1.82, 2.24) is 29.9 Å². The van der Waals surface area contributed by atoms with E-state index in [-0.39, 0.29) is 5.75 Å². The zero-order chi connectivity index (χ0) is 21.4. The molecule has 0 radical (unpaired) electrons. The summed E-state index contributed by atoms with van der Waals surface area (Å²) in [6.45, 7) is 2.05. The maximum absolute atomic E-state index is 10.7. The van der Waals surface area contributed by atoms with Gasteiger partial charge in [-0.1, -0.05) is 25.1 Å². The number of aromatic nitrogens is 6. The number of rotatable bonds is 5. The van der Waals surface area contributed by atoms with E-state index in [4.69, 9.17) is 0 Å². The van der Waals surface area contributed by atoms with Gasteiger partial charge in [0.1, 0.15) is 5.75 Å². The smallest absolute Gasteiger partial charge is 0.193 e. The molecule has 0 aliphatic rings. The highest BCUT2D eigenvalue weighted by molar-refractivity contribution is 7.80. The number of fused-ring (bicyclic) bond motifs is 1. The molecule has 3 heterocycles. The number of aromatic amines is 1. The third kappa shape index (κ3) is 3.55. The predicted octanol–water partition coefficient (Wildman–Crippen LogP) is 4.35. The topological polar surface area (TPSA) is 92.5 Å². The number of nitrogens with zero attached hydrogens (tertiary/aromatic N) is 5. The molecular formula is C23H20N6OS. The van der Waals surface area contributed by atoms with E-state index in [1.165, 1.54) is 5.56 Å². The molecule has 0 saturated carbocycles. The second-order valence-electron chi connectivity index (χ2n) is 7.30. The van der Waals surface area contributed by atoms with Crippen molar-refractivity contribution < 1.29 is 5.11 Å². The van der Waals surface area contributed by atoms with Crippen molar-refractivity contribution in [3.63, 3.8) is 0 Å². The summed E-state index contributed by atoms with van der Waals surface area (Å²) in [6.07, 6.45) is 5.23. The van der Waals surface area contributed by atoms with Crippen LogP contribution in [-0.4, -0.2) is 35.1 Å². The van der Waals surface area contributed by atoms with Crippen molar-refractivity contribution in [3.05, 3.63) is 77.7 Å². The molecule has 5 rings (SSSR count). The molecule has 5 aromatic rings. The summed E-state index contributed by atoms with van der Waals surface area (Å²) in [5.41, 5.74) is 5.49. The van der Waals surface area contributed by atoms with Crippen LogP contribution < -0.4 is 0 Å². The van der Waals surface area contributed by atoms with Gasteiger partial charge in [0, 0.05) is 29.5 Å². The van der Waals surface area contributed by atoms with E-state index in [0.29, 0.717) is 16.5 Å². The fourth-order valence-electron chi connectivity index (χ4n) is 3.75. The molecule has 0 atom stereocenters. The van der Waals surface area contributed by atoms with Crippen molar-refractivity contribution in [2.45, 2.75) is 24.9 Å². The van der Waals surface area contributed by atoms with E-state index in [0.717, 1.165) is 40.7 Å². The number of H-pyrrole nitrogens is 1. The molecule has 2 aromatic carbocycles. The van der Waals surface area contributed by atoms with Crippen molar-refractivity contribution in [3.8, 4) is 22.8 Å². The Hall–Kier alpha value is -3.65. The Morgan fingerprint density at radius 2 is 1.90 bits per heavy atom. The Bertz CT molecular complexity index is 1360.